The van der Waals surface area contributed by atoms with E-state index in [4.69, 9.17) is 15.2 Å². The summed E-state index contributed by atoms with van der Waals surface area (Å²) in [5.74, 6) is 2.03. The van der Waals surface area contributed by atoms with Gasteiger partial charge in [0.15, 0.2) is 0 Å². The lowest BCUT2D eigenvalue weighted by molar-refractivity contribution is 0.398. The zero-order valence-electron chi connectivity index (χ0n) is 11.9. The highest BCUT2D eigenvalue weighted by Crippen LogP contribution is 2.31. The van der Waals surface area contributed by atoms with Crippen molar-refractivity contribution < 1.29 is 9.47 Å². The summed E-state index contributed by atoms with van der Waals surface area (Å²) in [4.78, 5) is 4.40. The Hall–Kier alpha value is -2.27. The minimum absolute atomic E-state index is 0.420. The molecule has 106 valence electrons. The Morgan fingerprint density at radius 1 is 1.15 bits per heavy atom. The van der Waals surface area contributed by atoms with Crippen LogP contribution in [0, 0.1) is 6.92 Å². The second kappa shape index (κ2) is 6.25. The summed E-state index contributed by atoms with van der Waals surface area (Å²) >= 11 is 0. The van der Waals surface area contributed by atoms with Crippen LogP contribution in [0.5, 0.6) is 11.6 Å². The first-order chi connectivity index (χ1) is 9.69. The third-order valence-electron chi connectivity index (χ3n) is 3.05. The molecule has 0 fully saturated rings. The fourth-order valence-corrected chi connectivity index (χ4v) is 1.96. The summed E-state index contributed by atoms with van der Waals surface area (Å²) in [7, 11) is 3.22. The first-order valence-electron chi connectivity index (χ1n) is 6.34. The molecule has 20 heavy (non-hydrogen) atoms. The van der Waals surface area contributed by atoms with Crippen LogP contribution in [-0.4, -0.2) is 19.2 Å². The maximum Gasteiger partial charge on any atom is 0.214 e. The van der Waals surface area contributed by atoms with Crippen LogP contribution in [0.3, 0.4) is 0 Å². The van der Waals surface area contributed by atoms with Gasteiger partial charge in [-0.3, -0.25) is 0 Å². The predicted molar refractivity (Wildman–Crippen MR) is 79.7 cm³/mol. The standard InChI is InChI=1S/C15H19N3O2/c1-10-7-8-13(19-2)18-15(10)17-12-6-4-5-11(9-16)14(12)20-3/h4-8H,9,16H2,1-3H3,(H,17,18). The Kier molecular flexibility index (Phi) is 4.42. The zero-order chi connectivity index (χ0) is 14.5. The zero-order valence-corrected chi connectivity index (χ0v) is 11.9. The largest absolute Gasteiger partial charge is 0.494 e. The number of rotatable bonds is 5. The van der Waals surface area contributed by atoms with E-state index in [-0.39, 0.29) is 0 Å². The fourth-order valence-electron chi connectivity index (χ4n) is 1.96. The van der Waals surface area contributed by atoms with Gasteiger partial charge in [0, 0.05) is 18.2 Å². The normalized spacial score (nSPS) is 10.2. The number of benzene rings is 1. The molecule has 5 heteroatoms. The van der Waals surface area contributed by atoms with Crippen LogP contribution >= 0.6 is 0 Å². The molecular weight excluding hydrogens is 254 g/mol. The Morgan fingerprint density at radius 3 is 2.60 bits per heavy atom. The van der Waals surface area contributed by atoms with Crippen molar-refractivity contribution in [2.75, 3.05) is 19.5 Å². The van der Waals surface area contributed by atoms with Gasteiger partial charge in [-0.05, 0) is 18.6 Å². The number of ether oxygens (including phenoxy) is 2. The molecule has 1 aromatic heterocycles. The summed E-state index contributed by atoms with van der Waals surface area (Å²) in [5.41, 5.74) is 8.52. The molecule has 0 bridgehead atoms. The van der Waals surface area contributed by atoms with Crippen molar-refractivity contribution in [3.63, 3.8) is 0 Å². The smallest absolute Gasteiger partial charge is 0.214 e. The van der Waals surface area contributed by atoms with Crippen molar-refractivity contribution in [3.05, 3.63) is 41.5 Å². The lowest BCUT2D eigenvalue weighted by atomic mass is 10.1. The number of aryl methyl sites for hydroxylation is 1. The van der Waals surface area contributed by atoms with Crippen LogP contribution < -0.4 is 20.5 Å². The van der Waals surface area contributed by atoms with Gasteiger partial charge in [0.05, 0.1) is 19.9 Å². The highest BCUT2D eigenvalue weighted by molar-refractivity contribution is 5.68. The number of pyridine rings is 1. The molecule has 0 saturated carbocycles. The second-order valence-corrected chi connectivity index (χ2v) is 4.35. The molecule has 0 aliphatic carbocycles. The van der Waals surface area contributed by atoms with Gasteiger partial charge in [-0.2, -0.15) is 4.98 Å². The van der Waals surface area contributed by atoms with E-state index < -0.39 is 0 Å². The van der Waals surface area contributed by atoms with Gasteiger partial charge >= 0.3 is 0 Å². The monoisotopic (exact) mass is 273 g/mol. The molecule has 0 aliphatic rings. The number of methoxy groups -OCH3 is 2. The van der Waals surface area contributed by atoms with Crippen molar-refractivity contribution in [2.24, 2.45) is 5.73 Å². The highest BCUT2D eigenvalue weighted by Gasteiger charge is 2.10. The van der Waals surface area contributed by atoms with E-state index in [1.165, 1.54) is 0 Å². The molecule has 0 saturated heterocycles. The van der Waals surface area contributed by atoms with E-state index in [0.29, 0.717) is 12.4 Å². The number of nitrogens with zero attached hydrogens (tertiary/aromatic N) is 1. The average molecular weight is 273 g/mol. The second-order valence-electron chi connectivity index (χ2n) is 4.35. The molecule has 0 amide bonds. The molecule has 3 N–H and O–H groups in total. The number of aromatic nitrogens is 1. The molecule has 1 heterocycles. The summed E-state index contributed by atoms with van der Waals surface area (Å²) in [6, 6.07) is 9.58. The molecule has 0 aliphatic heterocycles. The maximum atomic E-state index is 5.72. The fraction of sp³-hybridized carbons (Fsp3) is 0.267. The van der Waals surface area contributed by atoms with Gasteiger partial charge in [0.1, 0.15) is 11.6 Å². The molecule has 0 spiro atoms. The van der Waals surface area contributed by atoms with E-state index in [1.807, 2.05) is 37.3 Å². The Balaban J connectivity index is 2.39. The third kappa shape index (κ3) is 2.83. The number of anilines is 2. The van der Waals surface area contributed by atoms with Gasteiger partial charge in [-0.15, -0.1) is 0 Å². The van der Waals surface area contributed by atoms with E-state index in [0.717, 1.165) is 28.4 Å². The van der Waals surface area contributed by atoms with Crippen molar-refractivity contribution in [2.45, 2.75) is 13.5 Å². The van der Waals surface area contributed by atoms with Crippen LogP contribution in [0.15, 0.2) is 30.3 Å². The molecule has 2 rings (SSSR count). The van der Waals surface area contributed by atoms with E-state index in [9.17, 15) is 0 Å². The minimum Gasteiger partial charge on any atom is -0.494 e. The van der Waals surface area contributed by atoms with Crippen molar-refractivity contribution in [1.82, 2.24) is 4.98 Å². The topological polar surface area (TPSA) is 69.4 Å². The summed E-state index contributed by atoms with van der Waals surface area (Å²) < 4.78 is 10.6. The third-order valence-corrected chi connectivity index (χ3v) is 3.05. The molecule has 2 aromatic rings. The maximum absolute atomic E-state index is 5.72. The van der Waals surface area contributed by atoms with Gasteiger partial charge in [0.2, 0.25) is 5.88 Å². The van der Waals surface area contributed by atoms with Crippen LogP contribution in [0.25, 0.3) is 0 Å². The van der Waals surface area contributed by atoms with Crippen LogP contribution in [0.4, 0.5) is 11.5 Å². The first-order valence-corrected chi connectivity index (χ1v) is 6.34. The van der Waals surface area contributed by atoms with Crippen LogP contribution in [-0.2, 0) is 6.54 Å². The van der Waals surface area contributed by atoms with Gasteiger partial charge in [-0.25, -0.2) is 0 Å². The quantitative estimate of drug-likeness (QED) is 0.876. The van der Waals surface area contributed by atoms with Crippen molar-refractivity contribution in [3.8, 4) is 11.6 Å². The van der Waals surface area contributed by atoms with Crippen LogP contribution in [0.2, 0.25) is 0 Å². The SMILES string of the molecule is COc1ccc(C)c(Nc2cccc(CN)c2OC)n1. The Labute approximate surface area is 118 Å². The van der Waals surface area contributed by atoms with Gasteiger partial charge in [0.25, 0.3) is 0 Å². The van der Waals surface area contributed by atoms with Crippen molar-refractivity contribution in [1.29, 1.82) is 0 Å². The van der Waals surface area contributed by atoms with Crippen LogP contribution in [0.1, 0.15) is 11.1 Å². The summed E-state index contributed by atoms with van der Waals surface area (Å²) in [6.07, 6.45) is 0. The van der Waals surface area contributed by atoms with Crippen molar-refractivity contribution >= 4 is 11.5 Å². The summed E-state index contributed by atoms with van der Waals surface area (Å²) in [6.45, 7) is 2.40. The number of hydrogen-bond acceptors (Lipinski definition) is 5. The number of para-hydroxylation sites is 1. The minimum atomic E-state index is 0.420. The Morgan fingerprint density at radius 2 is 1.95 bits per heavy atom. The number of nitrogens with two attached hydrogens (primary N) is 1. The molecule has 0 unspecified atom stereocenters. The van der Waals surface area contributed by atoms with Gasteiger partial charge < -0.3 is 20.5 Å². The van der Waals surface area contributed by atoms with E-state index in [1.54, 1.807) is 14.2 Å². The molecule has 0 atom stereocenters. The highest BCUT2D eigenvalue weighted by atomic mass is 16.5. The molecular formula is C15H19N3O2. The predicted octanol–water partition coefficient (Wildman–Crippen LogP) is 2.61. The first kappa shape index (κ1) is 14.1. The average Bonchev–Trinajstić information content (AvgIpc) is 2.49. The Bertz CT molecular complexity index is 600. The number of hydrogen-bond donors (Lipinski definition) is 2. The number of nitrogens with one attached hydrogen (secondary N) is 1. The lowest BCUT2D eigenvalue weighted by Gasteiger charge is -2.15. The van der Waals surface area contributed by atoms with E-state index in [2.05, 4.69) is 10.3 Å². The van der Waals surface area contributed by atoms with Gasteiger partial charge in [-0.1, -0.05) is 18.2 Å². The summed E-state index contributed by atoms with van der Waals surface area (Å²) in [5, 5.41) is 3.27. The molecule has 5 nitrogen and oxygen atoms in total. The van der Waals surface area contributed by atoms with E-state index >= 15 is 0 Å². The molecule has 0 radical (unpaired) electrons. The molecule has 1 aromatic carbocycles. The lowest BCUT2D eigenvalue weighted by Crippen LogP contribution is -2.04.